The number of nitrogens with two attached hydrogens (primary N) is 1. The summed E-state index contributed by atoms with van der Waals surface area (Å²) in [6.45, 7) is 6.11. The minimum absolute atomic E-state index is 0.296. The molecule has 15 heavy (non-hydrogen) atoms. The number of Topliss-reactive ketones (excluding diaryl/α,β-unsaturated/α-hetero) is 1. The van der Waals surface area contributed by atoms with E-state index in [9.17, 15) is 9.59 Å². The van der Waals surface area contributed by atoms with Crippen LogP contribution < -0.4 is 5.73 Å². The summed E-state index contributed by atoms with van der Waals surface area (Å²) in [5.74, 6) is -1.13. The molecular formula is C11H21NO3. The average molecular weight is 215 g/mol. The van der Waals surface area contributed by atoms with Crippen LogP contribution in [0, 0.1) is 5.92 Å². The topological polar surface area (TPSA) is 69.4 Å². The second-order valence-electron chi connectivity index (χ2n) is 3.87. The Labute approximate surface area is 91.2 Å². The fourth-order valence-electron chi connectivity index (χ4n) is 1.20. The van der Waals surface area contributed by atoms with E-state index < -0.39 is 17.8 Å². The van der Waals surface area contributed by atoms with E-state index in [0.717, 1.165) is 12.8 Å². The third kappa shape index (κ3) is 5.52. The summed E-state index contributed by atoms with van der Waals surface area (Å²) in [5.41, 5.74) is 5.43. The SMILES string of the molecule is CCCC(C)COC(=O)C(=O)C(N)CC. The highest BCUT2D eigenvalue weighted by Gasteiger charge is 2.22. The van der Waals surface area contributed by atoms with Crippen molar-refractivity contribution in [2.45, 2.75) is 46.1 Å². The van der Waals surface area contributed by atoms with Crippen molar-refractivity contribution in [2.24, 2.45) is 11.7 Å². The van der Waals surface area contributed by atoms with Crippen LogP contribution in [-0.2, 0) is 14.3 Å². The van der Waals surface area contributed by atoms with Crippen LogP contribution in [0.2, 0.25) is 0 Å². The Balaban J connectivity index is 3.88. The lowest BCUT2D eigenvalue weighted by Gasteiger charge is -2.11. The molecule has 0 aromatic carbocycles. The van der Waals surface area contributed by atoms with Crippen molar-refractivity contribution < 1.29 is 14.3 Å². The standard InChI is InChI=1S/C11H21NO3/c1-4-6-8(3)7-15-11(14)10(13)9(12)5-2/h8-9H,4-7,12H2,1-3H3. The maximum absolute atomic E-state index is 11.2. The molecule has 2 N–H and O–H groups in total. The fourth-order valence-corrected chi connectivity index (χ4v) is 1.20. The maximum Gasteiger partial charge on any atom is 0.376 e. The van der Waals surface area contributed by atoms with Crippen LogP contribution in [0.5, 0.6) is 0 Å². The lowest BCUT2D eigenvalue weighted by molar-refractivity contribution is -0.155. The van der Waals surface area contributed by atoms with Crippen LogP contribution in [-0.4, -0.2) is 24.4 Å². The molecule has 2 atom stereocenters. The summed E-state index contributed by atoms with van der Waals surface area (Å²) in [4.78, 5) is 22.4. The van der Waals surface area contributed by atoms with Crippen molar-refractivity contribution in [1.82, 2.24) is 0 Å². The molecule has 0 radical (unpaired) electrons. The molecule has 4 nitrogen and oxygen atoms in total. The van der Waals surface area contributed by atoms with Crippen molar-refractivity contribution in [3.63, 3.8) is 0 Å². The summed E-state index contributed by atoms with van der Waals surface area (Å²) >= 11 is 0. The van der Waals surface area contributed by atoms with Gasteiger partial charge in [-0.2, -0.15) is 0 Å². The van der Waals surface area contributed by atoms with E-state index in [1.165, 1.54) is 0 Å². The van der Waals surface area contributed by atoms with Gasteiger partial charge in [-0.15, -0.1) is 0 Å². The monoisotopic (exact) mass is 215 g/mol. The van der Waals surface area contributed by atoms with E-state index >= 15 is 0 Å². The van der Waals surface area contributed by atoms with Crippen molar-refractivity contribution >= 4 is 11.8 Å². The van der Waals surface area contributed by atoms with Gasteiger partial charge in [0.2, 0.25) is 0 Å². The molecule has 0 aliphatic carbocycles. The fraction of sp³-hybridized carbons (Fsp3) is 0.818. The second-order valence-corrected chi connectivity index (χ2v) is 3.87. The summed E-state index contributed by atoms with van der Waals surface area (Å²) in [6.07, 6.45) is 2.49. The van der Waals surface area contributed by atoms with Gasteiger partial charge in [-0.25, -0.2) is 4.79 Å². The number of rotatable bonds is 7. The van der Waals surface area contributed by atoms with Gasteiger partial charge in [0.1, 0.15) is 0 Å². The highest BCUT2D eigenvalue weighted by Crippen LogP contribution is 2.05. The van der Waals surface area contributed by atoms with Crippen LogP contribution in [0.25, 0.3) is 0 Å². The molecule has 0 aliphatic heterocycles. The van der Waals surface area contributed by atoms with Crippen LogP contribution in [0.3, 0.4) is 0 Å². The molecule has 4 heteroatoms. The van der Waals surface area contributed by atoms with E-state index in [2.05, 4.69) is 6.92 Å². The summed E-state index contributed by atoms with van der Waals surface area (Å²) < 4.78 is 4.87. The first-order chi connectivity index (χ1) is 7.02. The number of esters is 1. The molecule has 0 saturated heterocycles. The van der Waals surface area contributed by atoms with Crippen molar-refractivity contribution in [3.8, 4) is 0 Å². The highest BCUT2D eigenvalue weighted by molar-refractivity contribution is 6.35. The lowest BCUT2D eigenvalue weighted by Crippen LogP contribution is -2.36. The summed E-state index contributed by atoms with van der Waals surface area (Å²) in [7, 11) is 0. The van der Waals surface area contributed by atoms with Crippen LogP contribution in [0.1, 0.15) is 40.0 Å². The molecule has 0 rings (SSSR count). The van der Waals surface area contributed by atoms with E-state index in [1.807, 2.05) is 6.92 Å². The van der Waals surface area contributed by atoms with Gasteiger partial charge >= 0.3 is 5.97 Å². The molecule has 0 aromatic heterocycles. The third-order valence-electron chi connectivity index (χ3n) is 2.26. The third-order valence-corrected chi connectivity index (χ3v) is 2.26. The minimum atomic E-state index is -0.799. The van der Waals surface area contributed by atoms with Gasteiger partial charge in [-0.3, -0.25) is 4.79 Å². The van der Waals surface area contributed by atoms with Gasteiger partial charge in [0.25, 0.3) is 5.78 Å². The number of hydrogen-bond acceptors (Lipinski definition) is 4. The summed E-state index contributed by atoms with van der Waals surface area (Å²) in [5, 5.41) is 0. The molecule has 0 amide bonds. The highest BCUT2D eigenvalue weighted by atomic mass is 16.5. The Bertz CT molecular complexity index is 216. The molecule has 0 saturated carbocycles. The Kier molecular flexibility index (Phi) is 6.96. The van der Waals surface area contributed by atoms with Gasteiger partial charge < -0.3 is 10.5 Å². The maximum atomic E-state index is 11.2. The number of carbonyl (C=O) groups excluding carboxylic acids is 2. The molecule has 0 aromatic rings. The number of ketones is 1. The Morgan fingerprint density at radius 3 is 2.40 bits per heavy atom. The predicted octanol–water partition coefficient (Wildman–Crippen LogP) is 1.27. The van der Waals surface area contributed by atoms with Gasteiger partial charge in [0.05, 0.1) is 12.6 Å². The first-order valence-corrected chi connectivity index (χ1v) is 5.49. The van der Waals surface area contributed by atoms with Crippen molar-refractivity contribution in [1.29, 1.82) is 0 Å². The first-order valence-electron chi connectivity index (χ1n) is 5.49. The van der Waals surface area contributed by atoms with Gasteiger partial charge in [0.15, 0.2) is 0 Å². The smallest absolute Gasteiger partial charge is 0.376 e. The molecular weight excluding hydrogens is 194 g/mol. The molecule has 0 bridgehead atoms. The molecule has 0 aliphatic rings. The average Bonchev–Trinajstić information content (AvgIpc) is 2.24. The molecule has 88 valence electrons. The number of carbonyl (C=O) groups is 2. The van der Waals surface area contributed by atoms with Crippen molar-refractivity contribution in [3.05, 3.63) is 0 Å². The quantitative estimate of drug-likeness (QED) is 0.513. The van der Waals surface area contributed by atoms with Crippen LogP contribution >= 0.6 is 0 Å². The molecule has 0 heterocycles. The minimum Gasteiger partial charge on any atom is -0.460 e. The molecule has 2 unspecified atom stereocenters. The zero-order chi connectivity index (χ0) is 11.8. The lowest BCUT2D eigenvalue weighted by atomic mass is 10.1. The molecule has 0 fully saturated rings. The van der Waals surface area contributed by atoms with Crippen molar-refractivity contribution in [2.75, 3.05) is 6.61 Å². The number of ether oxygens (including phenoxy) is 1. The van der Waals surface area contributed by atoms with Crippen LogP contribution in [0.4, 0.5) is 0 Å². The normalized spacial score (nSPS) is 14.4. The second kappa shape index (κ2) is 7.40. The van der Waals surface area contributed by atoms with Gasteiger partial charge in [-0.05, 0) is 18.8 Å². The van der Waals surface area contributed by atoms with E-state index in [1.54, 1.807) is 6.92 Å². The zero-order valence-electron chi connectivity index (χ0n) is 9.79. The Morgan fingerprint density at radius 2 is 1.93 bits per heavy atom. The zero-order valence-corrected chi connectivity index (χ0v) is 9.79. The van der Waals surface area contributed by atoms with Crippen LogP contribution in [0.15, 0.2) is 0 Å². The first kappa shape index (κ1) is 14.1. The van der Waals surface area contributed by atoms with Gasteiger partial charge in [-0.1, -0.05) is 27.2 Å². The Hall–Kier alpha value is -0.900. The predicted molar refractivity (Wildman–Crippen MR) is 58.3 cm³/mol. The Morgan fingerprint density at radius 1 is 1.33 bits per heavy atom. The van der Waals surface area contributed by atoms with E-state index in [-0.39, 0.29) is 0 Å². The molecule has 0 spiro atoms. The van der Waals surface area contributed by atoms with Gasteiger partial charge in [0, 0.05) is 0 Å². The summed E-state index contributed by atoms with van der Waals surface area (Å²) in [6, 6.07) is -0.723. The number of hydrogen-bond donors (Lipinski definition) is 1. The van der Waals surface area contributed by atoms with E-state index in [4.69, 9.17) is 10.5 Å². The largest absolute Gasteiger partial charge is 0.460 e. The van der Waals surface area contributed by atoms with E-state index in [0.29, 0.717) is 18.9 Å².